The maximum absolute atomic E-state index is 10.9. The van der Waals surface area contributed by atoms with Gasteiger partial charge in [0.2, 0.25) is 5.91 Å². The molecule has 0 aliphatic carbocycles. The fourth-order valence-corrected chi connectivity index (χ4v) is 1.88. The van der Waals surface area contributed by atoms with Crippen LogP contribution in [-0.2, 0) is 11.3 Å². The van der Waals surface area contributed by atoms with E-state index in [1.165, 1.54) is 0 Å². The van der Waals surface area contributed by atoms with Crippen LogP contribution in [0.4, 0.5) is 0 Å². The van der Waals surface area contributed by atoms with Gasteiger partial charge in [-0.2, -0.15) is 0 Å². The second-order valence-electron chi connectivity index (χ2n) is 4.57. The van der Waals surface area contributed by atoms with Gasteiger partial charge in [0, 0.05) is 18.7 Å². The number of nitrogens with two attached hydrogens (primary N) is 2. The van der Waals surface area contributed by atoms with Crippen LogP contribution < -0.4 is 16.2 Å². The lowest BCUT2D eigenvalue weighted by molar-refractivity contribution is -0.119. The van der Waals surface area contributed by atoms with Crippen LogP contribution in [0.5, 0.6) is 5.75 Å². The molecule has 0 aliphatic heterocycles. The highest BCUT2D eigenvalue weighted by Crippen LogP contribution is 2.17. The number of hydrogen-bond donors (Lipinski definition) is 3. The van der Waals surface area contributed by atoms with E-state index in [1.54, 1.807) is 4.90 Å². The molecule has 20 heavy (non-hydrogen) atoms. The molecule has 0 radical (unpaired) electrons. The zero-order chi connectivity index (χ0) is 15.0. The molecule has 1 atom stereocenters. The van der Waals surface area contributed by atoms with Crippen molar-refractivity contribution >= 4 is 5.91 Å². The Balaban J connectivity index is 2.46. The monoisotopic (exact) mass is 281 g/mol. The van der Waals surface area contributed by atoms with Crippen molar-refractivity contribution in [2.75, 3.05) is 26.2 Å². The summed E-state index contributed by atoms with van der Waals surface area (Å²) in [6, 6.07) is 7.44. The number of aliphatic hydroxyl groups excluding tert-OH is 1. The molecule has 1 aromatic carbocycles. The third-order valence-corrected chi connectivity index (χ3v) is 2.92. The van der Waals surface area contributed by atoms with Gasteiger partial charge in [0.05, 0.1) is 6.54 Å². The second kappa shape index (κ2) is 8.52. The molecule has 0 spiro atoms. The molecule has 0 aromatic heterocycles. The van der Waals surface area contributed by atoms with E-state index in [0.717, 1.165) is 5.56 Å². The molecule has 1 rings (SSSR count). The van der Waals surface area contributed by atoms with Gasteiger partial charge in [-0.25, -0.2) is 0 Å². The molecular weight excluding hydrogens is 258 g/mol. The van der Waals surface area contributed by atoms with Gasteiger partial charge in [0.15, 0.2) is 0 Å². The third-order valence-electron chi connectivity index (χ3n) is 2.92. The molecule has 0 saturated carbocycles. The number of carbonyl (C=O) groups is 1. The van der Waals surface area contributed by atoms with E-state index >= 15 is 0 Å². The van der Waals surface area contributed by atoms with Crippen molar-refractivity contribution in [3.05, 3.63) is 29.8 Å². The molecule has 0 aliphatic rings. The Hall–Kier alpha value is -1.63. The van der Waals surface area contributed by atoms with Crippen LogP contribution in [0, 0.1) is 0 Å². The van der Waals surface area contributed by atoms with Crippen LogP contribution in [0.25, 0.3) is 0 Å². The fraction of sp³-hybridized carbons (Fsp3) is 0.500. The standard InChI is InChI=1S/C14H23N3O3/c1-2-17(9-14(16)19)8-12(18)10-20-13-6-4-3-5-11(13)7-15/h3-6,12,18H,2,7-10,15H2,1H3,(H2,16,19). The zero-order valence-electron chi connectivity index (χ0n) is 11.8. The number of carbonyl (C=O) groups excluding carboxylic acids is 1. The number of para-hydroxylation sites is 1. The van der Waals surface area contributed by atoms with E-state index in [2.05, 4.69) is 0 Å². The van der Waals surface area contributed by atoms with Gasteiger partial charge in [-0.15, -0.1) is 0 Å². The molecule has 0 fully saturated rings. The Kier molecular flexibility index (Phi) is 7.00. The Morgan fingerprint density at radius 1 is 1.45 bits per heavy atom. The molecule has 1 unspecified atom stereocenters. The number of primary amides is 1. The minimum Gasteiger partial charge on any atom is -0.491 e. The molecule has 0 saturated heterocycles. The van der Waals surface area contributed by atoms with Crippen molar-refractivity contribution < 1.29 is 14.6 Å². The van der Waals surface area contributed by atoms with Gasteiger partial charge in [-0.3, -0.25) is 9.69 Å². The van der Waals surface area contributed by atoms with E-state index in [0.29, 0.717) is 25.4 Å². The highest BCUT2D eigenvalue weighted by Gasteiger charge is 2.13. The summed E-state index contributed by atoms with van der Waals surface area (Å²) in [5.41, 5.74) is 11.6. The smallest absolute Gasteiger partial charge is 0.231 e. The minimum atomic E-state index is -0.694. The van der Waals surface area contributed by atoms with Gasteiger partial charge < -0.3 is 21.3 Å². The molecule has 5 N–H and O–H groups in total. The number of hydrogen-bond acceptors (Lipinski definition) is 5. The lowest BCUT2D eigenvalue weighted by Crippen LogP contribution is -2.40. The first kappa shape index (κ1) is 16.4. The third kappa shape index (κ3) is 5.56. The van der Waals surface area contributed by atoms with E-state index in [-0.39, 0.29) is 13.2 Å². The van der Waals surface area contributed by atoms with Crippen LogP contribution in [0.3, 0.4) is 0 Å². The van der Waals surface area contributed by atoms with Crippen LogP contribution in [0.1, 0.15) is 12.5 Å². The average molecular weight is 281 g/mol. The van der Waals surface area contributed by atoms with Crippen molar-refractivity contribution in [3.8, 4) is 5.75 Å². The predicted octanol–water partition coefficient (Wildman–Crippen LogP) is -0.308. The van der Waals surface area contributed by atoms with Crippen LogP contribution in [0.2, 0.25) is 0 Å². The van der Waals surface area contributed by atoms with E-state index in [4.69, 9.17) is 16.2 Å². The average Bonchev–Trinajstić information content (AvgIpc) is 2.44. The number of aliphatic hydroxyl groups is 1. The lowest BCUT2D eigenvalue weighted by atomic mass is 10.2. The topological polar surface area (TPSA) is 102 Å². The van der Waals surface area contributed by atoms with Gasteiger partial charge in [0.25, 0.3) is 0 Å². The summed E-state index contributed by atoms with van der Waals surface area (Å²) < 4.78 is 5.57. The lowest BCUT2D eigenvalue weighted by Gasteiger charge is -2.22. The molecule has 1 aromatic rings. The van der Waals surface area contributed by atoms with Crippen molar-refractivity contribution in [1.29, 1.82) is 0 Å². The summed E-state index contributed by atoms with van der Waals surface area (Å²) >= 11 is 0. The maximum Gasteiger partial charge on any atom is 0.231 e. The SMILES string of the molecule is CCN(CC(N)=O)CC(O)COc1ccccc1CN. The summed E-state index contributed by atoms with van der Waals surface area (Å²) in [5, 5.41) is 9.94. The summed E-state index contributed by atoms with van der Waals surface area (Å²) in [7, 11) is 0. The first-order valence-corrected chi connectivity index (χ1v) is 6.66. The minimum absolute atomic E-state index is 0.132. The molecule has 0 bridgehead atoms. The Morgan fingerprint density at radius 3 is 2.75 bits per heavy atom. The molecule has 6 nitrogen and oxygen atoms in total. The number of benzene rings is 1. The Bertz CT molecular complexity index is 426. The largest absolute Gasteiger partial charge is 0.491 e. The van der Waals surface area contributed by atoms with Crippen molar-refractivity contribution in [1.82, 2.24) is 4.90 Å². The van der Waals surface area contributed by atoms with Crippen molar-refractivity contribution in [2.24, 2.45) is 11.5 Å². The summed E-state index contributed by atoms with van der Waals surface area (Å²) in [5.74, 6) is 0.264. The number of ether oxygens (including phenoxy) is 1. The quantitative estimate of drug-likeness (QED) is 0.576. The predicted molar refractivity (Wildman–Crippen MR) is 77.1 cm³/mol. The molecule has 6 heteroatoms. The normalized spacial score (nSPS) is 12.4. The summed E-state index contributed by atoms with van der Waals surface area (Å²) in [4.78, 5) is 12.6. The molecule has 112 valence electrons. The molecular formula is C14H23N3O3. The fourth-order valence-electron chi connectivity index (χ4n) is 1.88. The Morgan fingerprint density at radius 2 is 2.15 bits per heavy atom. The summed E-state index contributed by atoms with van der Waals surface area (Å²) in [6.45, 7) is 3.54. The maximum atomic E-state index is 10.9. The molecule has 0 heterocycles. The van der Waals surface area contributed by atoms with Gasteiger partial charge in [-0.1, -0.05) is 25.1 Å². The first-order chi connectivity index (χ1) is 9.56. The number of likely N-dealkylation sites (N-methyl/N-ethyl adjacent to an activating group) is 1. The van der Waals surface area contributed by atoms with Crippen LogP contribution >= 0.6 is 0 Å². The van der Waals surface area contributed by atoms with Gasteiger partial charge >= 0.3 is 0 Å². The second-order valence-corrected chi connectivity index (χ2v) is 4.57. The number of amides is 1. The van der Waals surface area contributed by atoms with Crippen LogP contribution in [0.15, 0.2) is 24.3 Å². The van der Waals surface area contributed by atoms with Gasteiger partial charge in [-0.05, 0) is 12.6 Å². The zero-order valence-corrected chi connectivity index (χ0v) is 11.8. The highest BCUT2D eigenvalue weighted by atomic mass is 16.5. The van der Waals surface area contributed by atoms with Crippen molar-refractivity contribution in [3.63, 3.8) is 0 Å². The first-order valence-electron chi connectivity index (χ1n) is 6.66. The number of nitrogens with zero attached hydrogens (tertiary/aromatic N) is 1. The summed E-state index contributed by atoms with van der Waals surface area (Å²) in [6.07, 6.45) is -0.694. The molecule has 1 amide bonds. The van der Waals surface area contributed by atoms with E-state index < -0.39 is 12.0 Å². The van der Waals surface area contributed by atoms with Crippen LogP contribution in [-0.4, -0.2) is 48.3 Å². The van der Waals surface area contributed by atoms with E-state index in [9.17, 15) is 9.90 Å². The van der Waals surface area contributed by atoms with Crippen molar-refractivity contribution in [2.45, 2.75) is 19.6 Å². The highest BCUT2D eigenvalue weighted by molar-refractivity contribution is 5.75. The Labute approximate surface area is 119 Å². The number of rotatable bonds is 9. The van der Waals surface area contributed by atoms with E-state index in [1.807, 2.05) is 31.2 Å². The van der Waals surface area contributed by atoms with Gasteiger partial charge in [0.1, 0.15) is 18.5 Å².